The average molecular weight is 257 g/mol. The van der Waals surface area contributed by atoms with Crippen LogP contribution in [0.15, 0.2) is 24.3 Å². The third kappa shape index (κ3) is 2.54. The largest absolute Gasteiger partial charge is 0.261 e. The molecule has 0 spiro atoms. The predicted molar refractivity (Wildman–Crippen MR) is 81.0 cm³/mol. The van der Waals surface area contributed by atoms with Crippen LogP contribution in [0.4, 0.5) is 5.69 Å². The first-order chi connectivity index (χ1) is 9.25. The van der Waals surface area contributed by atoms with Crippen molar-refractivity contribution in [3.05, 3.63) is 29.8 Å². The second-order valence-electron chi connectivity index (χ2n) is 6.21. The normalized spacial score (nSPS) is 20.4. The topological polar surface area (TPSA) is 6.25 Å². The highest BCUT2D eigenvalue weighted by Gasteiger charge is 2.29. The molecular formula is C17H25N2+. The maximum Gasteiger partial charge on any atom is 0.240 e. The first-order valence-corrected chi connectivity index (χ1v) is 7.72. The standard InChI is InChI=1S/C17H25N2/c1-14(2)19-13-18(16-9-4-3-5-10-16)12-15-8-6-7-11-17(15)19/h6-8,11,13-14,16H,3-5,9-10,12H2,1-2H3/q+1. The van der Waals surface area contributed by atoms with Crippen molar-refractivity contribution in [2.45, 2.75) is 64.6 Å². The minimum Gasteiger partial charge on any atom is -0.261 e. The van der Waals surface area contributed by atoms with Crippen molar-refractivity contribution in [1.82, 2.24) is 0 Å². The van der Waals surface area contributed by atoms with E-state index in [0.29, 0.717) is 6.04 Å². The van der Waals surface area contributed by atoms with E-state index in [1.54, 1.807) is 0 Å². The van der Waals surface area contributed by atoms with E-state index in [1.807, 2.05) is 0 Å². The van der Waals surface area contributed by atoms with Gasteiger partial charge in [0, 0.05) is 5.56 Å². The fourth-order valence-electron chi connectivity index (χ4n) is 3.40. The van der Waals surface area contributed by atoms with Crippen LogP contribution in [0.2, 0.25) is 0 Å². The smallest absolute Gasteiger partial charge is 0.240 e. The summed E-state index contributed by atoms with van der Waals surface area (Å²) in [5, 5.41) is 0. The van der Waals surface area contributed by atoms with Crippen molar-refractivity contribution < 1.29 is 4.58 Å². The van der Waals surface area contributed by atoms with E-state index in [4.69, 9.17) is 0 Å². The van der Waals surface area contributed by atoms with Gasteiger partial charge >= 0.3 is 0 Å². The molecule has 0 unspecified atom stereocenters. The Morgan fingerprint density at radius 1 is 1.11 bits per heavy atom. The van der Waals surface area contributed by atoms with Crippen LogP contribution in [0.25, 0.3) is 0 Å². The highest BCUT2D eigenvalue weighted by molar-refractivity contribution is 5.79. The first kappa shape index (κ1) is 12.7. The summed E-state index contributed by atoms with van der Waals surface area (Å²) in [6, 6.07) is 10.1. The van der Waals surface area contributed by atoms with Gasteiger partial charge in [-0.05, 0) is 45.6 Å². The summed E-state index contributed by atoms with van der Waals surface area (Å²) in [4.78, 5) is 2.44. The minimum atomic E-state index is 0.521. The molecule has 1 heterocycles. The van der Waals surface area contributed by atoms with E-state index in [1.165, 1.54) is 43.4 Å². The molecule has 2 heteroatoms. The quantitative estimate of drug-likeness (QED) is 0.731. The molecule has 1 aliphatic heterocycles. The van der Waals surface area contributed by atoms with Gasteiger partial charge in [0.05, 0.1) is 12.1 Å². The van der Waals surface area contributed by atoms with E-state index >= 15 is 0 Å². The van der Waals surface area contributed by atoms with E-state index < -0.39 is 0 Å². The van der Waals surface area contributed by atoms with Gasteiger partial charge in [-0.25, -0.2) is 4.90 Å². The molecule has 3 rings (SSSR count). The monoisotopic (exact) mass is 257 g/mol. The molecule has 1 saturated carbocycles. The molecule has 1 aromatic rings. The fraction of sp³-hybridized carbons (Fsp3) is 0.588. The van der Waals surface area contributed by atoms with Crippen LogP contribution in [-0.2, 0) is 6.54 Å². The van der Waals surface area contributed by atoms with Crippen LogP contribution < -0.4 is 4.90 Å². The molecule has 2 aliphatic rings. The van der Waals surface area contributed by atoms with Crippen molar-refractivity contribution in [3.63, 3.8) is 0 Å². The molecule has 0 amide bonds. The zero-order valence-electron chi connectivity index (χ0n) is 12.2. The molecule has 1 aliphatic carbocycles. The average Bonchev–Trinajstić information content (AvgIpc) is 2.47. The molecule has 19 heavy (non-hydrogen) atoms. The Kier molecular flexibility index (Phi) is 3.58. The number of nitrogens with zero attached hydrogens (tertiary/aromatic N) is 2. The second kappa shape index (κ2) is 5.36. The Morgan fingerprint density at radius 3 is 2.58 bits per heavy atom. The molecule has 0 radical (unpaired) electrons. The molecule has 2 nitrogen and oxygen atoms in total. The van der Waals surface area contributed by atoms with Gasteiger partial charge in [0.2, 0.25) is 6.34 Å². The third-order valence-corrected chi connectivity index (χ3v) is 4.50. The lowest BCUT2D eigenvalue weighted by atomic mass is 9.94. The van der Waals surface area contributed by atoms with Gasteiger partial charge in [-0.2, -0.15) is 0 Å². The van der Waals surface area contributed by atoms with Gasteiger partial charge in [-0.3, -0.25) is 4.58 Å². The molecule has 102 valence electrons. The zero-order chi connectivity index (χ0) is 13.2. The molecular weight excluding hydrogens is 232 g/mol. The lowest BCUT2D eigenvalue weighted by Crippen LogP contribution is -2.42. The Labute approximate surface area is 116 Å². The van der Waals surface area contributed by atoms with E-state index in [0.717, 1.165) is 12.6 Å². The van der Waals surface area contributed by atoms with Crippen LogP contribution >= 0.6 is 0 Å². The summed E-state index contributed by atoms with van der Waals surface area (Å²) in [5.74, 6) is 0. The lowest BCUT2D eigenvalue weighted by Gasteiger charge is -2.30. The molecule has 0 N–H and O–H groups in total. The number of para-hydroxylation sites is 1. The summed E-state index contributed by atoms with van der Waals surface area (Å²) in [6.45, 7) is 5.64. The van der Waals surface area contributed by atoms with Crippen LogP contribution in [0.3, 0.4) is 0 Å². The van der Waals surface area contributed by atoms with Crippen LogP contribution in [0, 0.1) is 0 Å². The maximum absolute atomic E-state index is 2.58. The Morgan fingerprint density at radius 2 is 1.84 bits per heavy atom. The summed E-state index contributed by atoms with van der Waals surface area (Å²) in [7, 11) is 0. The van der Waals surface area contributed by atoms with Gasteiger partial charge in [0.1, 0.15) is 12.2 Å². The van der Waals surface area contributed by atoms with Gasteiger partial charge in [-0.15, -0.1) is 0 Å². The van der Waals surface area contributed by atoms with Crippen LogP contribution in [0.1, 0.15) is 51.5 Å². The molecule has 1 fully saturated rings. The van der Waals surface area contributed by atoms with Gasteiger partial charge < -0.3 is 0 Å². The molecule has 0 aromatic heterocycles. The van der Waals surface area contributed by atoms with E-state index in [2.05, 4.69) is 53.9 Å². The first-order valence-electron chi connectivity index (χ1n) is 7.72. The number of anilines is 1. The Bertz CT molecular complexity index is 470. The number of rotatable bonds is 2. The van der Waals surface area contributed by atoms with E-state index in [9.17, 15) is 0 Å². The van der Waals surface area contributed by atoms with Crippen LogP contribution in [-0.4, -0.2) is 23.0 Å². The molecule has 1 aromatic carbocycles. The van der Waals surface area contributed by atoms with Gasteiger partial charge in [-0.1, -0.05) is 24.6 Å². The van der Waals surface area contributed by atoms with Crippen molar-refractivity contribution in [2.24, 2.45) is 0 Å². The van der Waals surface area contributed by atoms with E-state index in [-0.39, 0.29) is 0 Å². The summed E-state index contributed by atoms with van der Waals surface area (Å²) in [5.41, 5.74) is 2.87. The second-order valence-corrected chi connectivity index (χ2v) is 6.21. The van der Waals surface area contributed by atoms with Crippen molar-refractivity contribution in [2.75, 3.05) is 4.90 Å². The zero-order valence-corrected chi connectivity index (χ0v) is 12.2. The van der Waals surface area contributed by atoms with Crippen molar-refractivity contribution in [3.8, 4) is 0 Å². The maximum atomic E-state index is 2.58. The lowest BCUT2D eigenvalue weighted by molar-refractivity contribution is -0.582. The predicted octanol–water partition coefficient (Wildman–Crippen LogP) is 3.79. The molecule has 0 bridgehead atoms. The highest BCUT2D eigenvalue weighted by atomic mass is 15.3. The fourth-order valence-corrected chi connectivity index (χ4v) is 3.40. The van der Waals surface area contributed by atoms with Crippen LogP contribution in [0.5, 0.6) is 0 Å². The Balaban J connectivity index is 1.91. The number of hydrogen-bond acceptors (Lipinski definition) is 1. The summed E-state index contributed by atoms with van der Waals surface area (Å²) in [6.07, 6.45) is 9.34. The highest BCUT2D eigenvalue weighted by Crippen LogP contribution is 2.28. The van der Waals surface area contributed by atoms with Crippen molar-refractivity contribution >= 4 is 12.0 Å². The molecule has 0 atom stereocenters. The SMILES string of the molecule is CC(C)N1C=[N+](C2CCCCC2)Cc2ccccc21. The van der Waals surface area contributed by atoms with Gasteiger partial charge in [0.25, 0.3) is 0 Å². The van der Waals surface area contributed by atoms with Crippen molar-refractivity contribution in [1.29, 1.82) is 0 Å². The minimum absolute atomic E-state index is 0.521. The number of benzene rings is 1. The number of hydrogen-bond donors (Lipinski definition) is 0. The summed E-state index contributed by atoms with van der Waals surface area (Å²) < 4.78 is 2.58. The van der Waals surface area contributed by atoms with Gasteiger partial charge in [0.15, 0.2) is 0 Å². The Hall–Kier alpha value is -1.31. The summed E-state index contributed by atoms with van der Waals surface area (Å²) >= 11 is 0. The molecule has 0 saturated heterocycles. The third-order valence-electron chi connectivity index (χ3n) is 4.50. The number of fused-ring (bicyclic) bond motifs is 1.